The Balaban J connectivity index is 0.922. The summed E-state index contributed by atoms with van der Waals surface area (Å²) >= 11 is 0. The second-order valence-electron chi connectivity index (χ2n) is 23.5. The number of alkyl halides is 2. The summed E-state index contributed by atoms with van der Waals surface area (Å²) in [5.74, 6) is -7.92. The van der Waals surface area contributed by atoms with Crippen molar-refractivity contribution in [3.05, 3.63) is 71.4 Å². The van der Waals surface area contributed by atoms with E-state index in [1.165, 1.54) is 25.5 Å². The fourth-order valence-corrected chi connectivity index (χ4v) is 11.3. The number of aliphatic carboxylic acids is 3. The van der Waals surface area contributed by atoms with Gasteiger partial charge in [-0.05, 0) is 81.7 Å². The molecule has 2 atom stereocenters. The first-order valence-electron chi connectivity index (χ1n) is 31.5. The molecular weight excluding hydrogens is 1180 g/mol. The molecule has 1 aromatic heterocycles. The highest BCUT2D eigenvalue weighted by atomic mass is 19.3. The van der Waals surface area contributed by atoms with Crippen LogP contribution in [0.25, 0.3) is 10.9 Å². The van der Waals surface area contributed by atoms with Crippen LogP contribution in [0.4, 0.5) is 8.78 Å². The number of nitrogens with one attached hydrogen (secondary N) is 4. The molecule has 4 heterocycles. The molecule has 3 aliphatic heterocycles. The average molecular weight is 1280 g/mol. The van der Waals surface area contributed by atoms with Crippen molar-refractivity contribution in [2.24, 2.45) is 4.99 Å². The van der Waals surface area contributed by atoms with E-state index in [-0.39, 0.29) is 109 Å². The minimum absolute atomic E-state index is 0.0502. The Kier molecular flexibility index (Phi) is 29.8. The number of hydrogen-bond donors (Lipinski definition) is 7. The first-order chi connectivity index (χ1) is 43.6. The Labute approximate surface area is 530 Å². The Bertz CT molecular complexity index is 2900. The van der Waals surface area contributed by atoms with Crippen LogP contribution in [-0.2, 0) is 44.8 Å². The monoisotopic (exact) mass is 1280 g/mol. The summed E-state index contributed by atoms with van der Waals surface area (Å²) in [7, 11) is 1.45. The largest absolute Gasteiger partial charge is 0.494 e. The number of likely N-dealkylation sites (tertiary alicyclic amines) is 1. The van der Waals surface area contributed by atoms with Crippen LogP contribution in [0.5, 0.6) is 5.75 Å². The van der Waals surface area contributed by atoms with Crippen LogP contribution in [0.1, 0.15) is 85.7 Å². The van der Waals surface area contributed by atoms with Crippen LogP contribution >= 0.6 is 0 Å². The number of halogens is 2. The van der Waals surface area contributed by atoms with E-state index >= 15 is 0 Å². The lowest BCUT2D eigenvalue weighted by molar-refractivity contribution is -0.140. The Morgan fingerprint density at radius 1 is 0.670 bits per heavy atom. The lowest BCUT2D eigenvalue weighted by Gasteiger charge is -2.34. The van der Waals surface area contributed by atoms with Crippen molar-refractivity contribution < 1.29 is 72.0 Å². The van der Waals surface area contributed by atoms with Crippen molar-refractivity contribution >= 4 is 70.5 Å². The number of fused-ring (bicyclic) bond motifs is 1. The number of rotatable bonds is 33. The maximum atomic E-state index is 14.1. The summed E-state index contributed by atoms with van der Waals surface area (Å²) in [4.78, 5) is 135. The van der Waals surface area contributed by atoms with Gasteiger partial charge in [0, 0.05) is 142 Å². The number of aryl methyl sites for hydroxylation is 2. The maximum Gasteiger partial charge on any atom is 0.317 e. The second kappa shape index (κ2) is 37.5. The third kappa shape index (κ3) is 26.2. The van der Waals surface area contributed by atoms with Gasteiger partial charge in [0.05, 0.1) is 63.0 Å². The van der Waals surface area contributed by atoms with Gasteiger partial charge in [-0.3, -0.25) is 77.6 Å². The van der Waals surface area contributed by atoms with Crippen molar-refractivity contribution in [1.82, 2.24) is 60.6 Å². The topological polar surface area (TPSA) is 320 Å². The third-order valence-corrected chi connectivity index (χ3v) is 16.3. The summed E-state index contributed by atoms with van der Waals surface area (Å²) in [5, 5.41) is 40.6. The highest BCUT2D eigenvalue weighted by Gasteiger charge is 2.46. The van der Waals surface area contributed by atoms with Gasteiger partial charge in [0.15, 0.2) is 0 Å². The zero-order valence-corrected chi connectivity index (χ0v) is 52.5. The summed E-state index contributed by atoms with van der Waals surface area (Å²) < 4.78 is 34.3. The Hall–Kier alpha value is -7.79. The molecule has 500 valence electrons. The summed E-state index contributed by atoms with van der Waals surface area (Å²) in [5.41, 5.74) is 3.08. The van der Waals surface area contributed by atoms with Gasteiger partial charge >= 0.3 is 17.9 Å². The number of unbranched alkanes of at least 4 members (excludes halogenated alkanes) is 2. The molecule has 1 unspecified atom stereocenters. The number of benzene rings is 2. The molecule has 3 saturated heterocycles. The van der Waals surface area contributed by atoms with Crippen LogP contribution in [0.3, 0.4) is 0 Å². The third-order valence-electron chi connectivity index (χ3n) is 16.3. The molecule has 3 aliphatic rings. The molecule has 0 saturated carbocycles. The number of carbonyl (C=O) groups is 9. The smallest absolute Gasteiger partial charge is 0.317 e. The highest BCUT2D eigenvalue weighted by molar-refractivity contribution is 6.07. The Morgan fingerprint density at radius 3 is 1.89 bits per heavy atom. The predicted molar refractivity (Wildman–Crippen MR) is 335 cm³/mol. The second-order valence-corrected chi connectivity index (χ2v) is 23.5. The van der Waals surface area contributed by atoms with E-state index in [4.69, 9.17) is 4.74 Å². The lowest BCUT2D eigenvalue weighted by atomic mass is 10.1. The molecule has 3 aromatic rings. The van der Waals surface area contributed by atoms with Gasteiger partial charge in [0.2, 0.25) is 29.5 Å². The number of piperazine rings is 1. The van der Waals surface area contributed by atoms with E-state index in [1.54, 1.807) is 37.8 Å². The van der Waals surface area contributed by atoms with E-state index in [9.17, 15) is 67.3 Å². The molecular formula is C63H91F2N13O13. The molecule has 3 fully saturated rings. The fourth-order valence-electron chi connectivity index (χ4n) is 11.3. The first-order valence-corrected chi connectivity index (χ1v) is 31.5. The number of aliphatic imine (C=N–C) groups is 1. The van der Waals surface area contributed by atoms with Gasteiger partial charge in [-0.15, -0.1) is 0 Å². The van der Waals surface area contributed by atoms with E-state index < -0.39 is 79.1 Å². The molecule has 2 aromatic carbocycles. The van der Waals surface area contributed by atoms with Gasteiger partial charge in [0.1, 0.15) is 11.8 Å². The molecule has 7 N–H and O–H groups in total. The van der Waals surface area contributed by atoms with Gasteiger partial charge in [-0.2, -0.15) is 0 Å². The molecule has 0 spiro atoms. The number of aromatic nitrogens is 1. The number of carbonyl (C=O) groups excluding carboxylic acids is 6. The lowest BCUT2D eigenvalue weighted by Crippen LogP contribution is -2.52. The van der Waals surface area contributed by atoms with Gasteiger partial charge < -0.3 is 51.1 Å². The van der Waals surface area contributed by atoms with Gasteiger partial charge in [-0.25, -0.2) is 8.78 Å². The van der Waals surface area contributed by atoms with Crippen LogP contribution < -0.4 is 26.0 Å². The van der Waals surface area contributed by atoms with Gasteiger partial charge in [-0.1, -0.05) is 36.2 Å². The van der Waals surface area contributed by atoms with Crippen molar-refractivity contribution in [2.75, 3.05) is 151 Å². The van der Waals surface area contributed by atoms with Crippen LogP contribution in [0, 0.1) is 6.92 Å². The average Bonchev–Trinajstić information content (AvgIpc) is 2.30. The molecule has 6 rings (SSSR count). The van der Waals surface area contributed by atoms with Crippen molar-refractivity contribution in [3.8, 4) is 5.75 Å². The summed E-state index contributed by atoms with van der Waals surface area (Å²) in [6.45, 7) is 5.61. The molecule has 0 aliphatic carbocycles. The summed E-state index contributed by atoms with van der Waals surface area (Å²) in [6.07, 6.45) is 7.45. The standard InChI is InChI=1S/C63H91F2N13O13/c1-46-13-15-47(16-14-46)9-6-11-54(79)68-21-7-10-53(71-55(80)41-73-24-26-74(42-58(83)84)28-30-76(44-60(87)88)31-29-75(27-25-73)43-59(85)86)62(90)69-20-5-3-4-12-56(81)77-34-32-72(33-35-77)23-8-36-91-49-17-18-52-51(37-49)50(19-22-67-52)61(89)70-40-57(82)78-45-63(64,65)38-48(78)39-66-2/h13-19,22,37,39,48,53H,3-12,20-21,23-36,38,40-45H2,1-2H3,(H,68,79)(H,69,90)(H,70,89)(H,71,80)(H,83,84)(H,85,86)(H,87,88)/b66-39+/t48-,53?/m1/s1. The number of amides is 6. The van der Waals surface area contributed by atoms with Gasteiger partial charge in [0.25, 0.3) is 11.8 Å². The van der Waals surface area contributed by atoms with Crippen LogP contribution in [0.15, 0.2) is 59.7 Å². The molecule has 28 heteroatoms. The van der Waals surface area contributed by atoms with Crippen LogP contribution in [0.2, 0.25) is 0 Å². The van der Waals surface area contributed by atoms with E-state index in [0.29, 0.717) is 107 Å². The van der Waals surface area contributed by atoms with Crippen molar-refractivity contribution in [3.63, 3.8) is 0 Å². The maximum absolute atomic E-state index is 14.1. The normalized spacial score (nSPS) is 17.8. The number of hydrogen-bond acceptors (Lipinski definition) is 17. The van der Waals surface area contributed by atoms with E-state index in [1.807, 2.05) is 36.1 Å². The molecule has 91 heavy (non-hydrogen) atoms. The molecule has 0 bridgehead atoms. The zero-order valence-electron chi connectivity index (χ0n) is 52.5. The Morgan fingerprint density at radius 2 is 1.27 bits per heavy atom. The number of ether oxygens (including phenoxy) is 1. The predicted octanol–water partition coefficient (Wildman–Crippen LogP) is 1.68. The summed E-state index contributed by atoms with van der Waals surface area (Å²) in [6, 6.07) is 13.0. The number of pyridine rings is 1. The zero-order chi connectivity index (χ0) is 65.7. The number of nitrogens with zero attached hydrogens (tertiary/aromatic N) is 9. The highest BCUT2D eigenvalue weighted by Crippen LogP contribution is 2.31. The first kappa shape index (κ1) is 72.3. The molecule has 26 nitrogen and oxygen atoms in total. The quantitative estimate of drug-likeness (QED) is 0.0337. The van der Waals surface area contributed by atoms with Crippen molar-refractivity contribution in [1.29, 1.82) is 0 Å². The number of carboxylic acids is 3. The SMILES string of the molecule is C/N=C/[C@H]1CC(F)(F)CN1C(=O)CNC(=O)c1ccnc2ccc(OCCCN3CCN(C(=O)CCCCCNC(=O)C(CCCNC(=O)CCCc4ccc(C)cc4)NC(=O)CN4CCN(CC(=O)O)CCN(CC(=O)O)CCN(CC(=O)O)CC4)CC3)cc12. The van der Waals surface area contributed by atoms with E-state index in [0.717, 1.165) is 29.0 Å². The molecule has 6 amide bonds. The minimum Gasteiger partial charge on any atom is -0.494 e. The van der Waals surface area contributed by atoms with E-state index in [2.05, 4.69) is 36.1 Å². The molecule has 0 radical (unpaired) electrons. The van der Waals surface area contributed by atoms with Crippen LogP contribution in [-0.4, -0.2) is 283 Å². The van der Waals surface area contributed by atoms with Crippen molar-refractivity contribution in [2.45, 2.75) is 95.6 Å². The minimum atomic E-state index is -3.05. The fraction of sp³-hybridized carbons (Fsp3) is 0.603. The number of carboxylic acid groups (broad SMARTS) is 3.